The molecule has 0 saturated carbocycles. The van der Waals surface area contributed by atoms with Crippen LogP contribution < -0.4 is 10.1 Å². The van der Waals surface area contributed by atoms with Crippen LogP contribution in [0.3, 0.4) is 0 Å². The van der Waals surface area contributed by atoms with Crippen LogP contribution in [-0.2, 0) is 0 Å². The van der Waals surface area contributed by atoms with E-state index in [1.807, 2.05) is 0 Å². The quantitative estimate of drug-likeness (QED) is 0.891. The van der Waals surface area contributed by atoms with Crippen molar-refractivity contribution < 1.29 is 14.6 Å². The number of aliphatic hydroxyl groups is 1. The molecule has 0 aliphatic carbocycles. The van der Waals surface area contributed by atoms with Gasteiger partial charge in [-0.05, 0) is 23.6 Å². The molecule has 0 radical (unpaired) electrons. The Morgan fingerprint density at radius 3 is 2.95 bits per heavy atom. The summed E-state index contributed by atoms with van der Waals surface area (Å²) < 4.78 is 5.68. The van der Waals surface area contributed by atoms with Gasteiger partial charge in [0, 0.05) is 11.4 Å². The van der Waals surface area contributed by atoms with Crippen molar-refractivity contribution in [3.8, 4) is 5.75 Å². The molecule has 0 aliphatic heterocycles. The molecule has 0 unspecified atom stereocenters. The first-order valence-electron chi connectivity index (χ1n) is 5.44. The Labute approximate surface area is 123 Å². The maximum absolute atomic E-state index is 11.9. The molecule has 4 nitrogen and oxygen atoms in total. The molecule has 19 heavy (non-hydrogen) atoms. The molecule has 0 aliphatic rings. The van der Waals surface area contributed by atoms with E-state index in [4.69, 9.17) is 16.3 Å². The van der Waals surface area contributed by atoms with Crippen molar-refractivity contribution in [3.05, 3.63) is 37.7 Å². The lowest BCUT2D eigenvalue weighted by molar-refractivity contribution is 0.0919. The normalized spacial score (nSPS) is 12.2. The number of rotatable bonds is 5. The summed E-state index contributed by atoms with van der Waals surface area (Å²) in [6.45, 7) is 0.136. The smallest absolute Gasteiger partial charge is 0.265 e. The highest BCUT2D eigenvalue weighted by Gasteiger charge is 2.16. The number of amides is 1. The highest BCUT2D eigenvalue weighted by molar-refractivity contribution is 7.16. The molecule has 2 aromatic heterocycles. The third-order valence-electron chi connectivity index (χ3n) is 2.43. The minimum Gasteiger partial charge on any atom is -0.495 e. The lowest BCUT2D eigenvalue weighted by atomic mass is 10.3. The molecular formula is C12H12ClNO3S2. The molecule has 2 N–H and O–H groups in total. The number of thiophene rings is 2. The highest BCUT2D eigenvalue weighted by atomic mass is 35.5. The van der Waals surface area contributed by atoms with E-state index in [1.54, 1.807) is 23.6 Å². The van der Waals surface area contributed by atoms with Gasteiger partial charge in [-0.2, -0.15) is 0 Å². The van der Waals surface area contributed by atoms with Gasteiger partial charge in [-0.25, -0.2) is 0 Å². The van der Waals surface area contributed by atoms with Gasteiger partial charge in [-0.3, -0.25) is 4.79 Å². The second kappa shape index (κ2) is 6.38. The van der Waals surface area contributed by atoms with E-state index in [0.29, 0.717) is 15.0 Å². The van der Waals surface area contributed by atoms with Crippen LogP contribution in [-0.4, -0.2) is 24.7 Å². The number of nitrogens with one attached hydrogen (secondary N) is 1. The molecule has 2 aromatic rings. The number of methoxy groups -OCH3 is 1. The zero-order valence-corrected chi connectivity index (χ0v) is 12.4. The highest BCUT2D eigenvalue weighted by Crippen LogP contribution is 2.27. The number of aliphatic hydroxyl groups excluding tert-OH is 1. The minimum atomic E-state index is -0.757. The summed E-state index contributed by atoms with van der Waals surface area (Å²) in [4.78, 5) is 13.1. The van der Waals surface area contributed by atoms with Crippen molar-refractivity contribution in [2.45, 2.75) is 6.10 Å². The Bertz CT molecular complexity index is 567. The molecule has 7 heteroatoms. The van der Waals surface area contributed by atoms with E-state index in [9.17, 15) is 9.90 Å². The second-order valence-corrected chi connectivity index (χ2v) is 6.35. The van der Waals surface area contributed by atoms with Crippen LogP contribution in [0.5, 0.6) is 5.75 Å². The molecule has 102 valence electrons. The van der Waals surface area contributed by atoms with Crippen molar-refractivity contribution in [1.82, 2.24) is 5.32 Å². The summed E-state index contributed by atoms with van der Waals surface area (Å²) >= 11 is 8.38. The van der Waals surface area contributed by atoms with Crippen LogP contribution in [0.15, 0.2) is 23.6 Å². The Kier molecular flexibility index (Phi) is 4.81. The first kappa shape index (κ1) is 14.3. The predicted molar refractivity (Wildman–Crippen MR) is 77.5 cm³/mol. The van der Waals surface area contributed by atoms with E-state index in [1.165, 1.54) is 29.8 Å². The SMILES string of the molecule is COc1ccsc1C(=O)NC[C@H](O)c1ccc(Cl)s1. The average molecular weight is 318 g/mol. The second-order valence-electron chi connectivity index (χ2n) is 3.69. The first-order chi connectivity index (χ1) is 9.11. The fraction of sp³-hybridized carbons (Fsp3) is 0.250. The zero-order chi connectivity index (χ0) is 13.8. The summed E-state index contributed by atoms with van der Waals surface area (Å²) in [6, 6.07) is 5.19. The fourth-order valence-electron chi connectivity index (χ4n) is 1.50. The summed E-state index contributed by atoms with van der Waals surface area (Å²) in [5, 5.41) is 14.4. The molecule has 0 spiro atoms. The Hall–Kier alpha value is -1.08. The van der Waals surface area contributed by atoms with E-state index >= 15 is 0 Å². The molecule has 0 aromatic carbocycles. The number of hydrogen-bond acceptors (Lipinski definition) is 5. The molecular weight excluding hydrogens is 306 g/mol. The third kappa shape index (κ3) is 3.48. The van der Waals surface area contributed by atoms with Crippen molar-refractivity contribution in [3.63, 3.8) is 0 Å². The van der Waals surface area contributed by atoms with Gasteiger partial charge in [0.2, 0.25) is 0 Å². The van der Waals surface area contributed by atoms with Crippen molar-refractivity contribution in [2.75, 3.05) is 13.7 Å². The predicted octanol–water partition coefficient (Wildman–Crippen LogP) is 2.94. The van der Waals surface area contributed by atoms with Gasteiger partial charge in [-0.1, -0.05) is 11.6 Å². The molecule has 0 bridgehead atoms. The summed E-state index contributed by atoms with van der Waals surface area (Å²) in [6.07, 6.45) is -0.757. The van der Waals surface area contributed by atoms with E-state index in [2.05, 4.69) is 5.32 Å². The third-order valence-corrected chi connectivity index (χ3v) is 4.66. The van der Waals surface area contributed by atoms with Gasteiger partial charge >= 0.3 is 0 Å². The molecule has 0 fully saturated rings. The molecule has 2 heterocycles. The molecule has 2 rings (SSSR count). The van der Waals surface area contributed by atoms with Gasteiger partial charge in [0.05, 0.1) is 11.4 Å². The molecule has 0 saturated heterocycles. The van der Waals surface area contributed by atoms with Gasteiger partial charge in [0.15, 0.2) is 0 Å². The van der Waals surface area contributed by atoms with Crippen LogP contribution in [0.1, 0.15) is 20.7 Å². The maximum Gasteiger partial charge on any atom is 0.265 e. The van der Waals surface area contributed by atoms with Gasteiger partial charge in [-0.15, -0.1) is 22.7 Å². The van der Waals surface area contributed by atoms with Crippen LogP contribution >= 0.6 is 34.3 Å². The topological polar surface area (TPSA) is 58.6 Å². The number of carbonyl (C=O) groups excluding carboxylic acids is 1. The van der Waals surface area contributed by atoms with Crippen LogP contribution in [0.2, 0.25) is 4.34 Å². The molecule has 1 atom stereocenters. The van der Waals surface area contributed by atoms with Gasteiger partial charge < -0.3 is 15.2 Å². The van der Waals surface area contributed by atoms with Gasteiger partial charge in [0.25, 0.3) is 5.91 Å². The van der Waals surface area contributed by atoms with E-state index in [-0.39, 0.29) is 12.5 Å². The number of ether oxygens (including phenoxy) is 1. The zero-order valence-electron chi connectivity index (χ0n) is 10.1. The van der Waals surface area contributed by atoms with Crippen molar-refractivity contribution in [2.24, 2.45) is 0 Å². The number of halogens is 1. The molecule has 1 amide bonds. The number of carbonyl (C=O) groups is 1. The summed E-state index contributed by atoms with van der Waals surface area (Å²) in [5.74, 6) is 0.282. The number of hydrogen-bond donors (Lipinski definition) is 2. The summed E-state index contributed by atoms with van der Waals surface area (Å²) in [7, 11) is 1.52. The fourth-order valence-corrected chi connectivity index (χ4v) is 3.32. The monoisotopic (exact) mass is 317 g/mol. The van der Waals surface area contributed by atoms with Crippen molar-refractivity contribution in [1.29, 1.82) is 0 Å². The van der Waals surface area contributed by atoms with Crippen LogP contribution in [0, 0.1) is 0 Å². The van der Waals surface area contributed by atoms with Crippen molar-refractivity contribution >= 4 is 40.2 Å². The standard InChI is InChI=1S/C12H12ClNO3S2/c1-17-8-4-5-18-11(8)12(16)14-6-7(15)9-2-3-10(13)19-9/h2-5,7,15H,6H2,1H3,(H,14,16)/t7-/m0/s1. The average Bonchev–Trinajstić information content (AvgIpc) is 3.03. The summed E-state index contributed by atoms with van der Waals surface area (Å²) in [5.41, 5.74) is 0. The van der Waals surface area contributed by atoms with Gasteiger partial charge in [0.1, 0.15) is 16.7 Å². The van der Waals surface area contributed by atoms with Crippen LogP contribution in [0.25, 0.3) is 0 Å². The van der Waals surface area contributed by atoms with E-state index < -0.39 is 6.10 Å². The Morgan fingerprint density at radius 1 is 1.53 bits per heavy atom. The maximum atomic E-state index is 11.9. The lowest BCUT2D eigenvalue weighted by Gasteiger charge is -2.10. The lowest BCUT2D eigenvalue weighted by Crippen LogP contribution is -2.27. The largest absolute Gasteiger partial charge is 0.495 e. The Morgan fingerprint density at radius 2 is 2.32 bits per heavy atom. The van der Waals surface area contributed by atoms with Crippen LogP contribution in [0.4, 0.5) is 0 Å². The van der Waals surface area contributed by atoms with E-state index in [0.717, 1.165) is 4.88 Å². The first-order valence-corrected chi connectivity index (χ1v) is 7.52. The minimum absolute atomic E-state index is 0.136. The Balaban J connectivity index is 1.93.